The first-order valence-electron chi connectivity index (χ1n) is 13.6. The Labute approximate surface area is 215 Å². The van der Waals surface area contributed by atoms with E-state index in [2.05, 4.69) is 29.4 Å². The predicted molar refractivity (Wildman–Crippen MR) is 145 cm³/mol. The lowest BCUT2D eigenvalue weighted by molar-refractivity contribution is 0.0904. The van der Waals surface area contributed by atoms with Crippen LogP contribution in [0.15, 0.2) is 24.3 Å². The van der Waals surface area contributed by atoms with Gasteiger partial charge in [0, 0.05) is 49.5 Å². The summed E-state index contributed by atoms with van der Waals surface area (Å²) in [6.45, 7) is 7.57. The first-order valence-corrected chi connectivity index (χ1v) is 13.6. The number of hydrogen-bond donors (Lipinski definition) is 3. The zero-order chi connectivity index (χ0) is 25.3. The average molecular weight is 498 g/mol. The molecule has 1 aromatic carbocycles. The number of aliphatic hydroxyl groups is 1. The van der Waals surface area contributed by atoms with Gasteiger partial charge in [-0.2, -0.15) is 0 Å². The van der Waals surface area contributed by atoms with Crippen molar-refractivity contribution >= 4 is 11.6 Å². The highest BCUT2D eigenvalue weighted by atomic mass is 16.5. The molecule has 2 aliphatic rings. The van der Waals surface area contributed by atoms with Crippen LogP contribution in [0.4, 0.5) is 11.6 Å². The second-order valence-electron chi connectivity index (χ2n) is 10.0. The summed E-state index contributed by atoms with van der Waals surface area (Å²) in [6.07, 6.45) is 7.72. The SMILES string of the molecule is CCN(c1nc(-c2cccc(OCC(O)CNC)c2)nc(NC2CCOCC2)c1C)C1CCCCC1. The molecule has 1 aliphatic heterocycles. The summed E-state index contributed by atoms with van der Waals surface area (Å²) >= 11 is 0. The normalized spacial score (nSPS) is 18.1. The highest BCUT2D eigenvalue weighted by Crippen LogP contribution is 2.34. The van der Waals surface area contributed by atoms with Gasteiger partial charge < -0.3 is 30.1 Å². The Hall–Kier alpha value is -2.42. The topological polar surface area (TPSA) is 91.8 Å². The number of aliphatic hydroxyl groups excluding tert-OH is 1. The van der Waals surface area contributed by atoms with Crippen molar-refractivity contribution in [1.82, 2.24) is 15.3 Å². The van der Waals surface area contributed by atoms with Gasteiger partial charge in [-0.25, -0.2) is 9.97 Å². The van der Waals surface area contributed by atoms with Gasteiger partial charge >= 0.3 is 0 Å². The first kappa shape index (κ1) is 26.6. The molecule has 1 saturated carbocycles. The van der Waals surface area contributed by atoms with Gasteiger partial charge in [0.2, 0.25) is 0 Å². The van der Waals surface area contributed by atoms with Crippen molar-refractivity contribution in [3.63, 3.8) is 0 Å². The lowest BCUT2D eigenvalue weighted by atomic mass is 9.94. The number of likely N-dealkylation sites (N-methyl/N-ethyl adjacent to an activating group) is 1. The van der Waals surface area contributed by atoms with Crippen molar-refractivity contribution in [3.8, 4) is 17.1 Å². The minimum Gasteiger partial charge on any atom is -0.491 e. The molecular weight excluding hydrogens is 454 g/mol. The monoisotopic (exact) mass is 497 g/mol. The second kappa shape index (κ2) is 13.2. The Bertz CT molecular complexity index is 960. The van der Waals surface area contributed by atoms with Gasteiger partial charge in [-0.1, -0.05) is 31.4 Å². The Morgan fingerprint density at radius 3 is 2.64 bits per heavy atom. The quantitative estimate of drug-likeness (QED) is 0.426. The lowest BCUT2D eigenvalue weighted by Gasteiger charge is -2.36. The zero-order valence-corrected chi connectivity index (χ0v) is 22.1. The maximum absolute atomic E-state index is 10.0. The molecule has 2 fully saturated rings. The van der Waals surface area contributed by atoms with Crippen LogP contribution in [0.1, 0.15) is 57.4 Å². The predicted octanol–water partition coefficient (Wildman–Crippen LogP) is 4.16. The highest BCUT2D eigenvalue weighted by Gasteiger charge is 2.26. The van der Waals surface area contributed by atoms with E-state index in [9.17, 15) is 5.11 Å². The fraction of sp³-hybridized carbons (Fsp3) is 0.643. The van der Waals surface area contributed by atoms with Crippen molar-refractivity contribution < 1.29 is 14.6 Å². The molecule has 0 amide bonds. The van der Waals surface area contributed by atoms with Gasteiger partial charge in [0.25, 0.3) is 0 Å². The smallest absolute Gasteiger partial charge is 0.164 e. The average Bonchev–Trinajstić information content (AvgIpc) is 2.91. The Kier molecular flexibility index (Phi) is 9.78. The van der Waals surface area contributed by atoms with Crippen molar-refractivity contribution in [2.45, 2.75) is 77.0 Å². The van der Waals surface area contributed by atoms with Crippen molar-refractivity contribution in [1.29, 1.82) is 0 Å². The summed E-state index contributed by atoms with van der Waals surface area (Å²) in [5.41, 5.74) is 2.02. The third kappa shape index (κ3) is 6.87. The van der Waals surface area contributed by atoms with Gasteiger partial charge in [-0.3, -0.25) is 0 Å². The Morgan fingerprint density at radius 2 is 1.92 bits per heavy atom. The fourth-order valence-corrected chi connectivity index (χ4v) is 5.27. The molecule has 0 bridgehead atoms. The van der Waals surface area contributed by atoms with E-state index < -0.39 is 6.10 Å². The van der Waals surface area contributed by atoms with E-state index in [1.54, 1.807) is 0 Å². The maximum Gasteiger partial charge on any atom is 0.164 e. The molecule has 0 spiro atoms. The molecule has 8 heteroatoms. The number of aromatic nitrogens is 2. The summed E-state index contributed by atoms with van der Waals surface area (Å²) in [6, 6.07) is 8.73. The maximum atomic E-state index is 10.0. The molecule has 1 saturated heterocycles. The van der Waals surface area contributed by atoms with Crippen molar-refractivity contribution in [2.24, 2.45) is 0 Å². The molecule has 198 valence electrons. The van der Waals surface area contributed by atoms with Gasteiger partial charge in [-0.15, -0.1) is 0 Å². The minimum absolute atomic E-state index is 0.228. The number of nitrogens with zero attached hydrogens (tertiary/aromatic N) is 3. The zero-order valence-electron chi connectivity index (χ0n) is 22.1. The largest absolute Gasteiger partial charge is 0.491 e. The van der Waals surface area contributed by atoms with Crippen LogP contribution in [-0.4, -0.2) is 73.2 Å². The molecule has 1 unspecified atom stereocenters. The van der Waals surface area contributed by atoms with E-state index in [1.807, 2.05) is 31.3 Å². The summed E-state index contributed by atoms with van der Waals surface area (Å²) < 4.78 is 11.4. The molecule has 1 aromatic heterocycles. The standard InChI is InChI=1S/C28H43N5O3/c1-4-33(23-10-6-5-7-11-23)28-20(2)26(30-22-13-15-35-16-14-22)31-27(32-28)21-9-8-12-25(17-21)36-19-24(34)18-29-3/h8-9,12,17,22-24,29,34H,4-7,10-11,13-16,18-19H2,1-3H3,(H,30,31,32). The fourth-order valence-electron chi connectivity index (χ4n) is 5.27. The van der Waals surface area contributed by atoms with E-state index in [-0.39, 0.29) is 6.61 Å². The Balaban J connectivity index is 1.66. The molecule has 2 heterocycles. The molecule has 2 aromatic rings. The molecule has 3 N–H and O–H groups in total. The van der Waals surface area contributed by atoms with Gasteiger partial charge in [-0.05, 0) is 58.7 Å². The Morgan fingerprint density at radius 1 is 1.14 bits per heavy atom. The molecule has 4 rings (SSSR count). The molecular formula is C28H43N5O3. The van der Waals surface area contributed by atoms with Crippen LogP contribution in [0.5, 0.6) is 5.75 Å². The summed E-state index contributed by atoms with van der Waals surface area (Å²) in [7, 11) is 1.81. The molecule has 1 atom stereocenters. The number of nitrogens with one attached hydrogen (secondary N) is 2. The summed E-state index contributed by atoms with van der Waals surface area (Å²) in [5, 5.41) is 16.7. The number of rotatable bonds is 11. The first-order chi connectivity index (χ1) is 17.6. The molecule has 1 aliphatic carbocycles. The van der Waals surface area contributed by atoms with Crippen LogP contribution in [0, 0.1) is 6.92 Å². The van der Waals surface area contributed by atoms with Crippen molar-refractivity contribution in [3.05, 3.63) is 29.8 Å². The molecule has 8 nitrogen and oxygen atoms in total. The summed E-state index contributed by atoms with van der Waals surface area (Å²) in [4.78, 5) is 12.7. The lowest BCUT2D eigenvalue weighted by Crippen LogP contribution is -2.38. The van der Waals surface area contributed by atoms with Crippen LogP contribution in [0.2, 0.25) is 0 Å². The van der Waals surface area contributed by atoms with Crippen LogP contribution in [0.25, 0.3) is 11.4 Å². The van der Waals surface area contributed by atoms with E-state index in [0.717, 1.165) is 55.4 Å². The van der Waals surface area contributed by atoms with Crippen LogP contribution < -0.4 is 20.3 Å². The molecule has 0 radical (unpaired) electrons. The number of ether oxygens (including phenoxy) is 2. The van der Waals surface area contributed by atoms with Gasteiger partial charge in [0.1, 0.15) is 30.1 Å². The van der Waals surface area contributed by atoms with E-state index in [4.69, 9.17) is 19.4 Å². The van der Waals surface area contributed by atoms with Crippen LogP contribution >= 0.6 is 0 Å². The minimum atomic E-state index is -0.565. The van der Waals surface area contributed by atoms with E-state index in [1.165, 1.54) is 32.1 Å². The number of anilines is 2. The van der Waals surface area contributed by atoms with Crippen LogP contribution in [0.3, 0.4) is 0 Å². The van der Waals surface area contributed by atoms with Gasteiger partial charge in [0.15, 0.2) is 5.82 Å². The number of benzene rings is 1. The van der Waals surface area contributed by atoms with Crippen LogP contribution in [-0.2, 0) is 4.74 Å². The highest BCUT2D eigenvalue weighted by molar-refractivity contribution is 5.67. The third-order valence-corrected chi connectivity index (χ3v) is 7.28. The second-order valence-corrected chi connectivity index (χ2v) is 10.0. The van der Waals surface area contributed by atoms with Gasteiger partial charge in [0.05, 0.1) is 0 Å². The van der Waals surface area contributed by atoms with Crippen molar-refractivity contribution in [2.75, 3.05) is 50.2 Å². The van der Waals surface area contributed by atoms with E-state index in [0.29, 0.717) is 30.2 Å². The number of hydrogen-bond acceptors (Lipinski definition) is 8. The van der Waals surface area contributed by atoms with E-state index >= 15 is 0 Å². The summed E-state index contributed by atoms with van der Waals surface area (Å²) in [5.74, 6) is 3.33. The molecule has 36 heavy (non-hydrogen) atoms. The third-order valence-electron chi connectivity index (χ3n) is 7.28.